The van der Waals surface area contributed by atoms with Crippen LogP contribution in [0.5, 0.6) is 5.75 Å². The van der Waals surface area contributed by atoms with Gasteiger partial charge in [0.25, 0.3) is 0 Å². The van der Waals surface area contributed by atoms with Crippen LogP contribution in [0.4, 0.5) is 0 Å². The highest BCUT2D eigenvalue weighted by molar-refractivity contribution is 5.43. The van der Waals surface area contributed by atoms with Crippen LogP contribution in [-0.2, 0) is 11.8 Å². The molecule has 1 saturated heterocycles. The van der Waals surface area contributed by atoms with Crippen molar-refractivity contribution in [3.8, 4) is 5.75 Å². The van der Waals surface area contributed by atoms with E-state index in [1.807, 2.05) is 12.1 Å². The van der Waals surface area contributed by atoms with Crippen molar-refractivity contribution in [2.45, 2.75) is 32.1 Å². The molecule has 3 rings (SSSR count). The molecule has 1 unspecified atom stereocenters. The van der Waals surface area contributed by atoms with Crippen molar-refractivity contribution in [3.05, 3.63) is 29.3 Å². The van der Waals surface area contributed by atoms with E-state index in [4.69, 9.17) is 0 Å². The molecule has 98 valence electrons. The van der Waals surface area contributed by atoms with Gasteiger partial charge in [-0.2, -0.15) is 0 Å². The number of benzene rings is 1. The number of nitrogens with zero attached hydrogens (tertiary/aromatic N) is 1. The first kappa shape index (κ1) is 12.0. The first-order chi connectivity index (χ1) is 8.50. The number of likely N-dealkylation sites (tertiary alicyclic amines) is 1. The standard InChI is InChI=1S/C16H23NO/c1-11-13-8-12-4-5-14(18)9-15(12)16(11,2)6-7-17(3)10-13/h4-5,9,11,13,18H,6-8,10H2,1-3H3/t11-,13?,16-/m1/s1. The molecule has 2 bridgehead atoms. The first-order valence-corrected chi connectivity index (χ1v) is 7.01. The van der Waals surface area contributed by atoms with E-state index in [9.17, 15) is 5.11 Å². The van der Waals surface area contributed by atoms with Crippen molar-refractivity contribution >= 4 is 0 Å². The molecule has 0 spiro atoms. The summed E-state index contributed by atoms with van der Waals surface area (Å²) in [4.78, 5) is 2.47. The molecule has 1 aromatic carbocycles. The van der Waals surface area contributed by atoms with Crippen LogP contribution >= 0.6 is 0 Å². The molecule has 0 radical (unpaired) electrons. The van der Waals surface area contributed by atoms with E-state index < -0.39 is 0 Å². The van der Waals surface area contributed by atoms with Crippen LogP contribution in [-0.4, -0.2) is 30.1 Å². The molecular weight excluding hydrogens is 222 g/mol. The Kier molecular flexibility index (Phi) is 2.67. The van der Waals surface area contributed by atoms with E-state index in [1.165, 1.54) is 24.1 Å². The Labute approximate surface area is 110 Å². The molecule has 1 aliphatic heterocycles. The zero-order chi connectivity index (χ0) is 12.9. The predicted molar refractivity (Wildman–Crippen MR) is 73.9 cm³/mol. The fourth-order valence-corrected chi connectivity index (χ4v) is 4.00. The van der Waals surface area contributed by atoms with Crippen molar-refractivity contribution < 1.29 is 5.11 Å². The van der Waals surface area contributed by atoms with E-state index >= 15 is 0 Å². The third-order valence-electron chi connectivity index (χ3n) is 5.46. The molecule has 2 heteroatoms. The summed E-state index contributed by atoms with van der Waals surface area (Å²) in [7, 11) is 2.24. The van der Waals surface area contributed by atoms with Gasteiger partial charge in [0.2, 0.25) is 0 Å². The molecule has 1 fully saturated rings. The summed E-state index contributed by atoms with van der Waals surface area (Å²) < 4.78 is 0. The molecule has 1 heterocycles. The van der Waals surface area contributed by atoms with Gasteiger partial charge in [-0.25, -0.2) is 0 Å². The normalized spacial score (nSPS) is 35.9. The third kappa shape index (κ3) is 1.66. The topological polar surface area (TPSA) is 23.5 Å². The molecule has 0 amide bonds. The summed E-state index contributed by atoms with van der Waals surface area (Å²) in [6.07, 6.45) is 2.36. The molecule has 18 heavy (non-hydrogen) atoms. The molecule has 1 aliphatic carbocycles. The van der Waals surface area contributed by atoms with E-state index in [1.54, 1.807) is 0 Å². The van der Waals surface area contributed by atoms with Gasteiger partial charge in [-0.1, -0.05) is 19.9 Å². The Morgan fingerprint density at radius 3 is 2.94 bits per heavy atom. The number of fused-ring (bicyclic) bond motifs is 4. The minimum Gasteiger partial charge on any atom is -0.508 e. The van der Waals surface area contributed by atoms with Gasteiger partial charge in [0.1, 0.15) is 5.75 Å². The minimum atomic E-state index is 0.224. The third-order valence-corrected chi connectivity index (χ3v) is 5.46. The van der Waals surface area contributed by atoms with Crippen LogP contribution in [0, 0.1) is 11.8 Å². The number of phenols is 1. The van der Waals surface area contributed by atoms with Crippen molar-refractivity contribution in [1.29, 1.82) is 0 Å². The average molecular weight is 245 g/mol. The van der Waals surface area contributed by atoms with Crippen LogP contribution in [0.1, 0.15) is 31.4 Å². The Morgan fingerprint density at radius 1 is 1.39 bits per heavy atom. The maximum absolute atomic E-state index is 9.80. The Balaban J connectivity index is 2.13. The van der Waals surface area contributed by atoms with Crippen molar-refractivity contribution in [1.82, 2.24) is 4.90 Å². The highest BCUT2D eigenvalue weighted by Crippen LogP contribution is 2.48. The lowest BCUT2D eigenvalue weighted by molar-refractivity contribution is 0.197. The molecule has 3 atom stereocenters. The van der Waals surface area contributed by atoms with Gasteiger partial charge < -0.3 is 10.0 Å². The van der Waals surface area contributed by atoms with Crippen LogP contribution in [0.15, 0.2) is 18.2 Å². The summed E-state index contributed by atoms with van der Waals surface area (Å²) in [5.41, 5.74) is 3.07. The van der Waals surface area contributed by atoms with Crippen molar-refractivity contribution in [3.63, 3.8) is 0 Å². The van der Waals surface area contributed by atoms with Crippen molar-refractivity contribution in [2.24, 2.45) is 11.8 Å². The zero-order valence-electron chi connectivity index (χ0n) is 11.6. The maximum atomic E-state index is 9.80. The van der Waals surface area contributed by atoms with Crippen LogP contribution in [0.25, 0.3) is 0 Å². The van der Waals surface area contributed by atoms with E-state index in [0.29, 0.717) is 11.7 Å². The fraction of sp³-hybridized carbons (Fsp3) is 0.625. The fourth-order valence-electron chi connectivity index (χ4n) is 4.00. The van der Waals surface area contributed by atoms with Gasteiger partial charge >= 0.3 is 0 Å². The number of phenolic OH excluding ortho intramolecular Hbond substituents is 1. The van der Waals surface area contributed by atoms with Gasteiger partial charge in [0, 0.05) is 6.54 Å². The highest BCUT2D eigenvalue weighted by Gasteiger charge is 2.44. The summed E-state index contributed by atoms with van der Waals surface area (Å²) in [6.45, 7) is 7.15. The lowest BCUT2D eigenvalue weighted by Gasteiger charge is -2.44. The van der Waals surface area contributed by atoms with Crippen LogP contribution < -0.4 is 0 Å². The molecule has 1 aromatic rings. The molecule has 1 N–H and O–H groups in total. The second-order valence-corrected chi connectivity index (χ2v) is 6.52. The van der Waals surface area contributed by atoms with E-state index in [0.717, 1.165) is 18.9 Å². The zero-order valence-corrected chi connectivity index (χ0v) is 11.6. The first-order valence-electron chi connectivity index (χ1n) is 7.01. The minimum absolute atomic E-state index is 0.224. The second kappa shape index (κ2) is 3.99. The molecule has 0 saturated carbocycles. The Bertz CT molecular complexity index is 470. The van der Waals surface area contributed by atoms with Gasteiger partial charge in [0.15, 0.2) is 0 Å². The van der Waals surface area contributed by atoms with Crippen LogP contribution in [0.2, 0.25) is 0 Å². The van der Waals surface area contributed by atoms with Gasteiger partial charge in [-0.3, -0.25) is 0 Å². The van der Waals surface area contributed by atoms with Gasteiger partial charge in [0.05, 0.1) is 0 Å². The quantitative estimate of drug-likeness (QED) is 0.759. The number of hydrogen-bond donors (Lipinski definition) is 1. The average Bonchev–Trinajstić information content (AvgIpc) is 2.41. The maximum Gasteiger partial charge on any atom is 0.115 e. The Hall–Kier alpha value is -1.02. The summed E-state index contributed by atoms with van der Waals surface area (Å²) >= 11 is 0. The molecule has 2 nitrogen and oxygen atoms in total. The largest absolute Gasteiger partial charge is 0.508 e. The smallest absolute Gasteiger partial charge is 0.115 e. The highest BCUT2D eigenvalue weighted by atomic mass is 16.3. The predicted octanol–water partition coefficient (Wildman–Crippen LogP) is 2.79. The summed E-state index contributed by atoms with van der Waals surface area (Å²) in [5, 5.41) is 9.80. The number of hydrogen-bond acceptors (Lipinski definition) is 2. The van der Waals surface area contributed by atoms with Gasteiger partial charge in [-0.05, 0) is 66.9 Å². The van der Waals surface area contributed by atoms with Crippen LogP contribution in [0.3, 0.4) is 0 Å². The molecule has 2 aliphatic rings. The monoisotopic (exact) mass is 245 g/mol. The summed E-state index contributed by atoms with van der Waals surface area (Å²) in [5.74, 6) is 1.86. The van der Waals surface area contributed by atoms with Crippen molar-refractivity contribution in [2.75, 3.05) is 20.1 Å². The van der Waals surface area contributed by atoms with E-state index in [-0.39, 0.29) is 5.41 Å². The van der Waals surface area contributed by atoms with Gasteiger partial charge in [-0.15, -0.1) is 0 Å². The molecular formula is C16H23NO. The Morgan fingerprint density at radius 2 is 2.17 bits per heavy atom. The number of rotatable bonds is 0. The second-order valence-electron chi connectivity index (χ2n) is 6.52. The lowest BCUT2D eigenvalue weighted by Crippen LogP contribution is -2.41. The number of aromatic hydroxyl groups is 1. The summed E-state index contributed by atoms with van der Waals surface area (Å²) in [6, 6.07) is 5.98. The lowest BCUT2D eigenvalue weighted by atomic mass is 9.60. The molecule has 0 aromatic heterocycles. The van der Waals surface area contributed by atoms with E-state index in [2.05, 4.69) is 31.9 Å². The SMILES string of the molecule is C[C@@H]1C2Cc3ccc(O)cc3[C@]1(C)CCN(C)C2.